The molecule has 0 saturated heterocycles. The SMILES string of the molecule is CNCc1cccn1COCC(F)(F)F. The molecule has 0 aliphatic rings. The number of hydrogen-bond donors (Lipinski definition) is 1. The number of nitrogens with zero attached hydrogens (tertiary/aromatic N) is 1. The molecule has 0 amide bonds. The average molecular weight is 222 g/mol. The van der Waals surface area contributed by atoms with Gasteiger partial charge in [-0.3, -0.25) is 0 Å². The Morgan fingerprint density at radius 2 is 2.20 bits per heavy atom. The zero-order valence-electron chi connectivity index (χ0n) is 8.34. The Bertz CT molecular complexity index is 296. The fraction of sp³-hybridized carbons (Fsp3) is 0.556. The van der Waals surface area contributed by atoms with Crippen LogP contribution in [0, 0.1) is 0 Å². The van der Waals surface area contributed by atoms with Crippen LogP contribution in [0.5, 0.6) is 0 Å². The predicted octanol–water partition coefficient (Wildman–Crippen LogP) is 1.74. The Labute approximate surface area is 85.8 Å². The van der Waals surface area contributed by atoms with Gasteiger partial charge >= 0.3 is 6.18 Å². The van der Waals surface area contributed by atoms with Crippen LogP contribution in [-0.2, 0) is 18.0 Å². The van der Waals surface area contributed by atoms with Gasteiger partial charge in [0.05, 0.1) is 0 Å². The molecule has 1 aromatic heterocycles. The molecule has 0 aliphatic heterocycles. The summed E-state index contributed by atoms with van der Waals surface area (Å²) in [5.41, 5.74) is 0.889. The Kier molecular flexibility index (Phi) is 4.16. The summed E-state index contributed by atoms with van der Waals surface area (Å²) in [5.74, 6) is 0. The van der Waals surface area contributed by atoms with Crippen molar-refractivity contribution in [2.75, 3.05) is 13.7 Å². The summed E-state index contributed by atoms with van der Waals surface area (Å²) in [4.78, 5) is 0. The number of halogens is 3. The molecule has 3 nitrogen and oxygen atoms in total. The van der Waals surface area contributed by atoms with Gasteiger partial charge in [-0.05, 0) is 19.2 Å². The second-order valence-electron chi connectivity index (χ2n) is 3.09. The van der Waals surface area contributed by atoms with E-state index in [1.54, 1.807) is 23.9 Å². The second kappa shape index (κ2) is 5.18. The molecule has 6 heteroatoms. The number of aromatic nitrogens is 1. The van der Waals surface area contributed by atoms with Gasteiger partial charge in [0.15, 0.2) is 0 Å². The monoisotopic (exact) mass is 222 g/mol. The van der Waals surface area contributed by atoms with E-state index in [9.17, 15) is 13.2 Å². The van der Waals surface area contributed by atoms with Crippen LogP contribution in [-0.4, -0.2) is 24.4 Å². The first-order valence-corrected chi connectivity index (χ1v) is 4.46. The molecule has 0 atom stereocenters. The van der Waals surface area contributed by atoms with Crippen molar-refractivity contribution in [1.82, 2.24) is 9.88 Å². The lowest BCUT2D eigenvalue weighted by Crippen LogP contribution is -2.19. The van der Waals surface area contributed by atoms with E-state index >= 15 is 0 Å². The van der Waals surface area contributed by atoms with E-state index in [1.807, 2.05) is 6.07 Å². The van der Waals surface area contributed by atoms with Crippen LogP contribution in [0.2, 0.25) is 0 Å². The molecule has 0 fully saturated rings. The lowest BCUT2D eigenvalue weighted by atomic mass is 10.4. The molecule has 0 aromatic carbocycles. The van der Waals surface area contributed by atoms with Gasteiger partial charge in [0.1, 0.15) is 13.3 Å². The Morgan fingerprint density at radius 3 is 2.80 bits per heavy atom. The van der Waals surface area contributed by atoms with E-state index in [4.69, 9.17) is 0 Å². The number of hydrogen-bond acceptors (Lipinski definition) is 2. The van der Waals surface area contributed by atoms with Gasteiger partial charge in [-0.2, -0.15) is 13.2 Å². The average Bonchev–Trinajstić information content (AvgIpc) is 2.51. The Morgan fingerprint density at radius 1 is 1.47 bits per heavy atom. The van der Waals surface area contributed by atoms with E-state index in [-0.39, 0.29) is 6.73 Å². The van der Waals surface area contributed by atoms with Gasteiger partial charge in [0.25, 0.3) is 0 Å². The fourth-order valence-electron chi connectivity index (χ4n) is 1.18. The van der Waals surface area contributed by atoms with Crippen molar-refractivity contribution >= 4 is 0 Å². The minimum atomic E-state index is -4.27. The van der Waals surface area contributed by atoms with E-state index < -0.39 is 12.8 Å². The Balaban J connectivity index is 2.40. The summed E-state index contributed by atoms with van der Waals surface area (Å²) in [6.07, 6.45) is -2.58. The predicted molar refractivity (Wildman–Crippen MR) is 49.2 cm³/mol. The van der Waals surface area contributed by atoms with E-state index in [1.165, 1.54) is 0 Å². The normalized spacial score (nSPS) is 12.0. The molecule has 15 heavy (non-hydrogen) atoms. The van der Waals surface area contributed by atoms with Crippen LogP contribution < -0.4 is 5.32 Å². The third-order valence-corrected chi connectivity index (χ3v) is 1.78. The quantitative estimate of drug-likeness (QED) is 0.821. The zero-order chi connectivity index (χ0) is 11.3. The molecular formula is C9H13F3N2O. The summed E-state index contributed by atoms with van der Waals surface area (Å²) in [6, 6.07) is 3.59. The maximum atomic E-state index is 11.8. The zero-order valence-corrected chi connectivity index (χ0v) is 8.34. The highest BCUT2D eigenvalue weighted by molar-refractivity contribution is 5.06. The number of rotatable bonds is 5. The summed E-state index contributed by atoms with van der Waals surface area (Å²) < 4.78 is 41.5. The third-order valence-electron chi connectivity index (χ3n) is 1.78. The molecule has 0 radical (unpaired) electrons. The molecule has 0 saturated carbocycles. The van der Waals surface area contributed by atoms with E-state index in [2.05, 4.69) is 10.1 Å². The Hall–Kier alpha value is -1.01. The maximum Gasteiger partial charge on any atom is 0.411 e. The van der Waals surface area contributed by atoms with Crippen LogP contribution in [0.4, 0.5) is 13.2 Å². The fourth-order valence-corrected chi connectivity index (χ4v) is 1.18. The van der Waals surface area contributed by atoms with Crippen LogP contribution in [0.3, 0.4) is 0 Å². The van der Waals surface area contributed by atoms with Crippen molar-refractivity contribution in [3.8, 4) is 0 Å². The van der Waals surface area contributed by atoms with Crippen LogP contribution in [0.25, 0.3) is 0 Å². The van der Waals surface area contributed by atoms with Crippen LogP contribution >= 0.6 is 0 Å². The minimum absolute atomic E-state index is 0.0798. The first kappa shape index (κ1) is 12.1. The standard InChI is InChI=1S/C9H13F3N2O/c1-13-5-8-3-2-4-14(8)7-15-6-9(10,11)12/h2-4,13H,5-7H2,1H3. The van der Waals surface area contributed by atoms with Crippen molar-refractivity contribution in [3.63, 3.8) is 0 Å². The van der Waals surface area contributed by atoms with Crippen molar-refractivity contribution in [2.24, 2.45) is 0 Å². The number of alkyl halides is 3. The number of ether oxygens (including phenoxy) is 1. The van der Waals surface area contributed by atoms with Crippen molar-refractivity contribution in [1.29, 1.82) is 0 Å². The second-order valence-corrected chi connectivity index (χ2v) is 3.09. The van der Waals surface area contributed by atoms with E-state index in [0.717, 1.165) is 5.69 Å². The van der Waals surface area contributed by atoms with E-state index in [0.29, 0.717) is 6.54 Å². The molecular weight excluding hydrogens is 209 g/mol. The molecule has 0 unspecified atom stereocenters. The molecule has 0 aliphatic carbocycles. The van der Waals surface area contributed by atoms with Crippen molar-refractivity contribution < 1.29 is 17.9 Å². The highest BCUT2D eigenvalue weighted by atomic mass is 19.4. The molecule has 1 rings (SSSR count). The lowest BCUT2D eigenvalue weighted by molar-refractivity contribution is -0.182. The van der Waals surface area contributed by atoms with Crippen LogP contribution in [0.15, 0.2) is 18.3 Å². The smallest absolute Gasteiger partial charge is 0.351 e. The summed E-state index contributed by atoms with van der Waals surface area (Å²) >= 11 is 0. The highest BCUT2D eigenvalue weighted by Crippen LogP contribution is 2.15. The first-order valence-electron chi connectivity index (χ1n) is 4.46. The highest BCUT2D eigenvalue weighted by Gasteiger charge is 2.27. The van der Waals surface area contributed by atoms with Gasteiger partial charge in [-0.25, -0.2) is 0 Å². The summed E-state index contributed by atoms with van der Waals surface area (Å²) in [6.45, 7) is -0.698. The van der Waals surface area contributed by atoms with Gasteiger partial charge in [0.2, 0.25) is 0 Å². The molecule has 1 N–H and O–H groups in total. The molecule has 86 valence electrons. The molecule has 1 heterocycles. The lowest BCUT2D eigenvalue weighted by Gasteiger charge is -2.11. The summed E-state index contributed by atoms with van der Waals surface area (Å²) in [5, 5.41) is 2.92. The number of nitrogens with one attached hydrogen (secondary N) is 1. The maximum absolute atomic E-state index is 11.8. The topological polar surface area (TPSA) is 26.2 Å². The molecule has 0 bridgehead atoms. The van der Waals surface area contributed by atoms with Crippen LogP contribution in [0.1, 0.15) is 5.69 Å². The first-order chi connectivity index (χ1) is 7.03. The minimum Gasteiger partial charge on any atom is -0.351 e. The van der Waals surface area contributed by atoms with Crippen molar-refractivity contribution in [3.05, 3.63) is 24.0 Å². The largest absolute Gasteiger partial charge is 0.411 e. The van der Waals surface area contributed by atoms with Gasteiger partial charge in [-0.1, -0.05) is 0 Å². The molecule has 0 spiro atoms. The molecule has 1 aromatic rings. The van der Waals surface area contributed by atoms with Gasteiger partial charge in [0, 0.05) is 18.4 Å². The van der Waals surface area contributed by atoms with Gasteiger partial charge < -0.3 is 14.6 Å². The third kappa shape index (κ3) is 4.35. The summed E-state index contributed by atoms with van der Waals surface area (Å²) in [7, 11) is 1.77. The van der Waals surface area contributed by atoms with Gasteiger partial charge in [-0.15, -0.1) is 0 Å². The van der Waals surface area contributed by atoms with Crippen molar-refractivity contribution in [2.45, 2.75) is 19.5 Å².